The average Bonchev–Trinajstić information content (AvgIpc) is 2.86. The molecule has 0 bridgehead atoms. The summed E-state index contributed by atoms with van der Waals surface area (Å²) < 4.78 is -0.204. The molecule has 2 aromatic rings. The largest absolute Gasteiger partial charge is 0.331 e. The maximum Gasteiger partial charge on any atom is 0.236 e. The summed E-state index contributed by atoms with van der Waals surface area (Å²) >= 11 is 2.25. The number of amides is 1. The van der Waals surface area contributed by atoms with E-state index in [0.717, 1.165) is 16.7 Å². The molecule has 1 fully saturated rings. The predicted molar refractivity (Wildman–Crippen MR) is 111 cm³/mol. The quantitative estimate of drug-likeness (QED) is 0.504. The summed E-state index contributed by atoms with van der Waals surface area (Å²) in [6.45, 7) is 0. The van der Waals surface area contributed by atoms with Crippen LogP contribution in [0.4, 0.5) is 0 Å². The number of nitrogens with zero attached hydrogens (tertiary/aromatic N) is 1. The molecule has 2 unspecified atom stereocenters. The molecule has 130 valence electrons. The zero-order chi connectivity index (χ0) is 18.3. The highest BCUT2D eigenvalue weighted by Gasteiger charge is 2.55. The van der Waals surface area contributed by atoms with Gasteiger partial charge in [0.1, 0.15) is 0 Å². The van der Waals surface area contributed by atoms with Gasteiger partial charge >= 0.3 is 0 Å². The topological polar surface area (TPSA) is 37.4 Å². The lowest BCUT2D eigenvalue weighted by Crippen LogP contribution is -2.44. The molecule has 0 aromatic heterocycles. The number of halogens is 1. The van der Waals surface area contributed by atoms with Crippen molar-refractivity contribution >= 4 is 34.3 Å². The van der Waals surface area contributed by atoms with Crippen molar-refractivity contribution in [1.82, 2.24) is 4.90 Å². The van der Waals surface area contributed by atoms with E-state index in [0.29, 0.717) is 0 Å². The number of likely N-dealkylation sites (tertiary alicyclic amines) is 1. The number of carbonyl (C=O) groups excluding carboxylic acids is 2. The third-order valence-corrected chi connectivity index (χ3v) is 6.60. The van der Waals surface area contributed by atoms with Gasteiger partial charge in [0.2, 0.25) is 5.91 Å². The van der Waals surface area contributed by atoms with Crippen LogP contribution >= 0.6 is 22.6 Å². The first-order valence-electron chi connectivity index (χ1n) is 8.53. The normalized spacial score (nSPS) is 23.8. The number of allylic oxidation sites excluding steroid dienone is 2. The van der Waals surface area contributed by atoms with Crippen molar-refractivity contribution in [3.05, 3.63) is 84.5 Å². The van der Waals surface area contributed by atoms with Crippen molar-refractivity contribution in [2.24, 2.45) is 0 Å². The summed E-state index contributed by atoms with van der Waals surface area (Å²) in [5.41, 5.74) is 2.77. The zero-order valence-corrected chi connectivity index (χ0v) is 16.5. The highest BCUT2D eigenvalue weighted by atomic mass is 127. The molecule has 1 amide bonds. The predicted octanol–water partition coefficient (Wildman–Crippen LogP) is 4.15. The summed E-state index contributed by atoms with van der Waals surface area (Å²) in [6.07, 6.45) is 6.93. The molecule has 4 rings (SSSR count). The van der Waals surface area contributed by atoms with Gasteiger partial charge in [-0.25, -0.2) is 0 Å². The first-order chi connectivity index (χ1) is 12.5. The Hall–Kier alpha value is -2.21. The molecular weight excluding hydrogens is 437 g/mol. The minimum absolute atomic E-state index is 0.0384. The Labute approximate surface area is 166 Å². The Bertz CT molecular complexity index is 916. The lowest BCUT2D eigenvalue weighted by molar-refractivity contribution is -0.127. The minimum atomic E-state index is -0.609. The van der Waals surface area contributed by atoms with Crippen molar-refractivity contribution < 1.29 is 9.59 Å². The van der Waals surface area contributed by atoms with Gasteiger partial charge in [0.25, 0.3) is 0 Å². The van der Waals surface area contributed by atoms with Gasteiger partial charge in [-0.05, 0) is 28.8 Å². The number of likely N-dealkylation sites (N-methyl/N-ethyl adjacent to an activating group) is 1. The summed E-state index contributed by atoms with van der Waals surface area (Å²) in [4.78, 5) is 26.4. The Morgan fingerprint density at radius 3 is 2.23 bits per heavy atom. The maximum absolute atomic E-state index is 12.9. The molecule has 2 atom stereocenters. The van der Waals surface area contributed by atoms with Crippen LogP contribution in [0.1, 0.15) is 11.5 Å². The number of hydrogen-bond donors (Lipinski definition) is 0. The molecule has 26 heavy (non-hydrogen) atoms. The number of rotatable bonds is 2. The van der Waals surface area contributed by atoms with E-state index < -0.39 is 5.54 Å². The lowest BCUT2D eigenvalue weighted by atomic mass is 9.75. The fourth-order valence-electron chi connectivity index (χ4n) is 3.99. The van der Waals surface area contributed by atoms with Crippen LogP contribution in [0.15, 0.2) is 78.9 Å². The first kappa shape index (κ1) is 17.2. The van der Waals surface area contributed by atoms with Gasteiger partial charge in [0, 0.05) is 13.0 Å². The summed E-state index contributed by atoms with van der Waals surface area (Å²) in [5.74, 6) is -0.0248. The third-order valence-electron chi connectivity index (χ3n) is 5.35. The molecule has 1 aliphatic heterocycles. The molecule has 1 aliphatic carbocycles. The highest BCUT2D eigenvalue weighted by Crippen LogP contribution is 2.50. The Morgan fingerprint density at radius 2 is 1.54 bits per heavy atom. The van der Waals surface area contributed by atoms with Gasteiger partial charge in [0.05, 0.1) is 9.46 Å². The summed E-state index contributed by atoms with van der Waals surface area (Å²) in [7, 11) is 1.82. The molecule has 4 heteroatoms. The first-order valence-corrected chi connectivity index (χ1v) is 9.78. The van der Waals surface area contributed by atoms with Crippen LogP contribution < -0.4 is 0 Å². The van der Waals surface area contributed by atoms with Crippen LogP contribution in [0.3, 0.4) is 0 Å². The van der Waals surface area contributed by atoms with Gasteiger partial charge in [-0.3, -0.25) is 9.59 Å². The number of hydrogen-bond acceptors (Lipinski definition) is 2. The monoisotopic (exact) mass is 455 g/mol. The molecule has 1 spiro atoms. The molecule has 2 aliphatic rings. The standard InChI is InChI=1S/C22H18INO2/c1-24-21(26)20(23)19(22(24)13-11-16(25)12-14-22)18-10-6-5-9-17(18)15-7-3-2-4-8-15/h2-14,19-20H,1H3. The van der Waals surface area contributed by atoms with Crippen LogP contribution in [0.5, 0.6) is 0 Å². The molecular formula is C22H18INO2. The molecule has 0 radical (unpaired) electrons. The van der Waals surface area contributed by atoms with E-state index >= 15 is 0 Å². The molecule has 1 heterocycles. The van der Waals surface area contributed by atoms with E-state index in [1.165, 1.54) is 0 Å². The Kier molecular flexibility index (Phi) is 4.31. The van der Waals surface area contributed by atoms with Crippen molar-refractivity contribution in [1.29, 1.82) is 0 Å². The van der Waals surface area contributed by atoms with Crippen molar-refractivity contribution in [3.63, 3.8) is 0 Å². The Balaban J connectivity index is 1.92. The second kappa shape index (κ2) is 6.50. The van der Waals surface area contributed by atoms with Crippen LogP contribution in [0.2, 0.25) is 0 Å². The van der Waals surface area contributed by atoms with Crippen LogP contribution in [-0.2, 0) is 9.59 Å². The average molecular weight is 455 g/mol. The fourth-order valence-corrected chi connectivity index (χ4v) is 5.37. The van der Waals surface area contributed by atoms with Crippen LogP contribution in [0.25, 0.3) is 11.1 Å². The fraction of sp³-hybridized carbons (Fsp3) is 0.182. The minimum Gasteiger partial charge on any atom is -0.331 e. The van der Waals surface area contributed by atoms with E-state index in [-0.39, 0.29) is 21.5 Å². The van der Waals surface area contributed by atoms with E-state index in [1.807, 2.05) is 49.5 Å². The van der Waals surface area contributed by atoms with Gasteiger partial charge in [-0.15, -0.1) is 0 Å². The van der Waals surface area contributed by atoms with Gasteiger partial charge < -0.3 is 4.90 Å². The molecule has 2 aromatic carbocycles. The number of benzene rings is 2. The van der Waals surface area contributed by atoms with Gasteiger partial charge in [-0.2, -0.15) is 0 Å². The second-order valence-electron chi connectivity index (χ2n) is 6.69. The third kappa shape index (κ3) is 2.55. The van der Waals surface area contributed by atoms with Crippen LogP contribution in [-0.4, -0.2) is 33.1 Å². The molecule has 0 N–H and O–H groups in total. The van der Waals surface area contributed by atoms with E-state index in [9.17, 15) is 9.59 Å². The van der Waals surface area contributed by atoms with Gasteiger partial charge in [0.15, 0.2) is 5.78 Å². The van der Waals surface area contributed by atoms with Crippen LogP contribution in [0, 0.1) is 0 Å². The van der Waals surface area contributed by atoms with E-state index in [2.05, 4.69) is 46.9 Å². The smallest absolute Gasteiger partial charge is 0.236 e. The highest BCUT2D eigenvalue weighted by molar-refractivity contribution is 14.1. The summed E-state index contributed by atoms with van der Waals surface area (Å²) in [6, 6.07) is 18.5. The van der Waals surface area contributed by atoms with E-state index in [4.69, 9.17) is 0 Å². The molecule has 0 saturated carbocycles. The number of ketones is 1. The van der Waals surface area contributed by atoms with E-state index in [1.54, 1.807) is 17.1 Å². The maximum atomic E-state index is 12.9. The van der Waals surface area contributed by atoms with Crippen molar-refractivity contribution in [2.45, 2.75) is 15.4 Å². The van der Waals surface area contributed by atoms with Crippen molar-refractivity contribution in [3.8, 4) is 11.1 Å². The van der Waals surface area contributed by atoms with Crippen molar-refractivity contribution in [2.75, 3.05) is 7.05 Å². The second-order valence-corrected chi connectivity index (χ2v) is 8.03. The summed E-state index contributed by atoms with van der Waals surface area (Å²) in [5, 5.41) is 0. The Morgan fingerprint density at radius 1 is 0.923 bits per heavy atom. The SMILES string of the molecule is CN1C(=O)C(I)C(c2ccccc2-c2ccccc2)C12C=CC(=O)C=C2. The number of alkyl halides is 1. The zero-order valence-electron chi connectivity index (χ0n) is 14.3. The molecule has 1 saturated heterocycles. The lowest BCUT2D eigenvalue weighted by Gasteiger charge is -2.37. The van der Waals surface area contributed by atoms with Gasteiger partial charge in [-0.1, -0.05) is 89.3 Å². The number of carbonyl (C=O) groups is 2. The molecule has 3 nitrogen and oxygen atoms in total.